The van der Waals surface area contributed by atoms with Crippen molar-refractivity contribution in [2.24, 2.45) is 5.92 Å². The van der Waals surface area contributed by atoms with E-state index in [1.54, 1.807) is 6.07 Å². The van der Waals surface area contributed by atoms with Crippen LogP contribution in [0.1, 0.15) is 53.5 Å². The van der Waals surface area contributed by atoms with Crippen LogP contribution in [0.3, 0.4) is 0 Å². The Kier molecular flexibility index (Phi) is 4.15. The number of benzene rings is 1. The Morgan fingerprint density at radius 2 is 2.22 bits per heavy atom. The van der Waals surface area contributed by atoms with E-state index in [1.807, 2.05) is 37.8 Å². The summed E-state index contributed by atoms with van der Waals surface area (Å²) in [6, 6.07) is 5.40. The molecule has 1 fully saturated rings. The zero-order valence-corrected chi connectivity index (χ0v) is 13.9. The molecule has 0 aromatic heterocycles. The van der Waals surface area contributed by atoms with Gasteiger partial charge in [0, 0.05) is 31.2 Å². The molecule has 0 N–H and O–H groups in total. The second-order valence-corrected chi connectivity index (χ2v) is 6.69. The van der Waals surface area contributed by atoms with E-state index in [9.17, 15) is 9.59 Å². The fourth-order valence-electron chi connectivity index (χ4n) is 3.40. The van der Waals surface area contributed by atoms with Gasteiger partial charge in [-0.3, -0.25) is 4.79 Å². The normalized spacial score (nSPS) is 22.1. The van der Waals surface area contributed by atoms with E-state index in [-0.39, 0.29) is 5.91 Å². The van der Waals surface area contributed by atoms with E-state index in [0.29, 0.717) is 43.3 Å². The molecule has 2 heterocycles. The summed E-state index contributed by atoms with van der Waals surface area (Å²) >= 11 is 0. The highest BCUT2D eigenvalue weighted by atomic mass is 16.6. The standard InChI is InChI=1S/C18H23NO4/c1-4-22-11-12-8-9-19(10-12)16(20)13-6-5-7-14-15(13)17(21)23-18(14,2)3/h5-7,12H,4,8-11H2,1-3H3. The first kappa shape index (κ1) is 16.0. The van der Waals surface area contributed by atoms with Gasteiger partial charge in [-0.25, -0.2) is 4.79 Å². The lowest BCUT2D eigenvalue weighted by molar-refractivity contribution is 0.00943. The summed E-state index contributed by atoms with van der Waals surface area (Å²) in [4.78, 5) is 26.9. The Hall–Kier alpha value is -1.88. The fourth-order valence-corrected chi connectivity index (χ4v) is 3.40. The molecule has 0 saturated carbocycles. The highest BCUT2D eigenvalue weighted by Gasteiger charge is 2.41. The van der Waals surface area contributed by atoms with Crippen molar-refractivity contribution in [1.29, 1.82) is 0 Å². The SMILES string of the molecule is CCOCC1CCN(C(=O)c2cccc3c2C(=O)OC3(C)C)C1. The number of fused-ring (bicyclic) bond motifs is 1. The van der Waals surface area contributed by atoms with Crippen molar-refractivity contribution < 1.29 is 19.1 Å². The number of hydrogen-bond acceptors (Lipinski definition) is 4. The lowest BCUT2D eigenvalue weighted by Gasteiger charge is -2.19. The molecule has 1 aromatic rings. The topological polar surface area (TPSA) is 55.8 Å². The van der Waals surface area contributed by atoms with E-state index < -0.39 is 11.6 Å². The van der Waals surface area contributed by atoms with Crippen molar-refractivity contribution in [3.05, 3.63) is 34.9 Å². The molecule has 1 amide bonds. The number of cyclic esters (lactones) is 1. The Bertz CT molecular complexity index is 638. The molecule has 0 aliphatic carbocycles. The predicted molar refractivity (Wildman–Crippen MR) is 85.4 cm³/mol. The van der Waals surface area contributed by atoms with Gasteiger partial charge in [0.05, 0.1) is 17.7 Å². The van der Waals surface area contributed by atoms with Crippen molar-refractivity contribution in [2.75, 3.05) is 26.3 Å². The maximum atomic E-state index is 12.9. The second kappa shape index (κ2) is 5.96. The molecule has 2 aliphatic rings. The number of nitrogens with zero attached hydrogens (tertiary/aromatic N) is 1. The van der Waals surface area contributed by atoms with Crippen LogP contribution in [0.4, 0.5) is 0 Å². The Morgan fingerprint density at radius 3 is 2.96 bits per heavy atom. The van der Waals surface area contributed by atoms with Gasteiger partial charge in [-0.2, -0.15) is 0 Å². The molecule has 1 unspecified atom stereocenters. The van der Waals surface area contributed by atoms with E-state index >= 15 is 0 Å². The molecule has 3 rings (SSSR count). The van der Waals surface area contributed by atoms with Crippen molar-refractivity contribution in [2.45, 2.75) is 32.8 Å². The van der Waals surface area contributed by atoms with Gasteiger partial charge in [-0.05, 0) is 33.3 Å². The maximum absolute atomic E-state index is 12.9. The average Bonchev–Trinajstić information content (AvgIpc) is 3.08. The third kappa shape index (κ3) is 2.85. The first-order valence-electron chi connectivity index (χ1n) is 8.18. The van der Waals surface area contributed by atoms with Gasteiger partial charge in [0.25, 0.3) is 5.91 Å². The molecule has 1 aromatic carbocycles. The summed E-state index contributed by atoms with van der Waals surface area (Å²) in [6.07, 6.45) is 0.941. The lowest BCUT2D eigenvalue weighted by Crippen LogP contribution is -2.30. The highest BCUT2D eigenvalue weighted by molar-refractivity contribution is 6.08. The molecule has 1 saturated heterocycles. The largest absolute Gasteiger partial charge is 0.451 e. The number of carbonyl (C=O) groups is 2. The van der Waals surface area contributed by atoms with E-state index in [0.717, 1.165) is 12.0 Å². The van der Waals surface area contributed by atoms with Crippen LogP contribution in [0.5, 0.6) is 0 Å². The molecule has 5 nitrogen and oxygen atoms in total. The van der Waals surface area contributed by atoms with Crippen molar-refractivity contribution >= 4 is 11.9 Å². The number of likely N-dealkylation sites (tertiary alicyclic amines) is 1. The molecule has 1 atom stereocenters. The van der Waals surface area contributed by atoms with Gasteiger partial charge in [0.15, 0.2) is 0 Å². The Labute approximate surface area is 136 Å². The Morgan fingerprint density at radius 1 is 1.43 bits per heavy atom. The Balaban J connectivity index is 1.83. The predicted octanol–water partition coefficient (Wildman–Crippen LogP) is 2.59. The van der Waals surface area contributed by atoms with Gasteiger partial charge >= 0.3 is 5.97 Å². The quantitative estimate of drug-likeness (QED) is 0.801. The molecule has 124 valence electrons. The van der Waals surface area contributed by atoms with Crippen LogP contribution in [0.2, 0.25) is 0 Å². The molecular formula is C18H23NO4. The zero-order valence-electron chi connectivity index (χ0n) is 13.9. The number of rotatable bonds is 4. The van der Waals surface area contributed by atoms with Crippen LogP contribution in [0.15, 0.2) is 18.2 Å². The summed E-state index contributed by atoms with van der Waals surface area (Å²) in [5, 5.41) is 0. The minimum absolute atomic E-state index is 0.0875. The van der Waals surface area contributed by atoms with Gasteiger partial charge in [0.1, 0.15) is 5.60 Å². The number of amides is 1. The van der Waals surface area contributed by atoms with Crippen LogP contribution in [-0.2, 0) is 15.1 Å². The molecule has 0 bridgehead atoms. The number of ether oxygens (including phenoxy) is 2. The fraction of sp³-hybridized carbons (Fsp3) is 0.556. The molecule has 5 heteroatoms. The van der Waals surface area contributed by atoms with Crippen LogP contribution >= 0.6 is 0 Å². The van der Waals surface area contributed by atoms with Gasteiger partial charge in [0.2, 0.25) is 0 Å². The van der Waals surface area contributed by atoms with Crippen molar-refractivity contribution in [3.8, 4) is 0 Å². The summed E-state index contributed by atoms with van der Waals surface area (Å²) in [7, 11) is 0. The lowest BCUT2D eigenvalue weighted by atomic mass is 9.92. The minimum Gasteiger partial charge on any atom is -0.451 e. The average molecular weight is 317 g/mol. The summed E-state index contributed by atoms with van der Waals surface area (Å²) in [6.45, 7) is 8.43. The third-order valence-electron chi connectivity index (χ3n) is 4.63. The third-order valence-corrected chi connectivity index (χ3v) is 4.63. The van der Waals surface area contributed by atoms with E-state index in [1.165, 1.54) is 0 Å². The first-order chi connectivity index (χ1) is 10.9. The smallest absolute Gasteiger partial charge is 0.340 e. The summed E-state index contributed by atoms with van der Waals surface area (Å²) in [5.41, 5.74) is 0.995. The molecular weight excluding hydrogens is 294 g/mol. The second-order valence-electron chi connectivity index (χ2n) is 6.69. The molecule has 0 radical (unpaired) electrons. The first-order valence-corrected chi connectivity index (χ1v) is 8.18. The van der Waals surface area contributed by atoms with Crippen LogP contribution in [0.25, 0.3) is 0 Å². The summed E-state index contributed by atoms with van der Waals surface area (Å²) in [5.74, 6) is -0.117. The highest BCUT2D eigenvalue weighted by Crippen LogP contribution is 2.38. The van der Waals surface area contributed by atoms with Gasteiger partial charge < -0.3 is 14.4 Å². The van der Waals surface area contributed by atoms with Crippen LogP contribution < -0.4 is 0 Å². The maximum Gasteiger partial charge on any atom is 0.340 e. The number of carbonyl (C=O) groups excluding carboxylic acids is 2. The zero-order chi connectivity index (χ0) is 16.6. The van der Waals surface area contributed by atoms with E-state index in [2.05, 4.69) is 0 Å². The molecule has 0 spiro atoms. The molecule has 23 heavy (non-hydrogen) atoms. The van der Waals surface area contributed by atoms with Gasteiger partial charge in [-0.1, -0.05) is 12.1 Å². The molecule has 2 aliphatic heterocycles. The van der Waals surface area contributed by atoms with Crippen molar-refractivity contribution in [1.82, 2.24) is 4.90 Å². The van der Waals surface area contributed by atoms with Crippen LogP contribution in [-0.4, -0.2) is 43.1 Å². The monoisotopic (exact) mass is 317 g/mol. The van der Waals surface area contributed by atoms with E-state index in [4.69, 9.17) is 9.47 Å². The summed E-state index contributed by atoms with van der Waals surface area (Å²) < 4.78 is 10.9. The minimum atomic E-state index is -0.675. The van der Waals surface area contributed by atoms with Crippen molar-refractivity contribution in [3.63, 3.8) is 0 Å². The number of esters is 1. The number of hydrogen-bond donors (Lipinski definition) is 0. The van der Waals surface area contributed by atoms with Crippen LogP contribution in [0, 0.1) is 5.92 Å². The van der Waals surface area contributed by atoms with Gasteiger partial charge in [-0.15, -0.1) is 0 Å².